The van der Waals surface area contributed by atoms with Gasteiger partial charge in [-0.25, -0.2) is 4.79 Å². The molecule has 5 rings (SSSR count). The van der Waals surface area contributed by atoms with Gasteiger partial charge in [0, 0.05) is 29.9 Å². The van der Waals surface area contributed by atoms with E-state index in [-0.39, 0.29) is 31.5 Å². The Morgan fingerprint density at radius 2 is 1.61 bits per heavy atom. The Bertz CT molecular complexity index is 1190. The zero-order valence-corrected chi connectivity index (χ0v) is 19.0. The summed E-state index contributed by atoms with van der Waals surface area (Å²) in [5.74, 6) is -2.09. The van der Waals surface area contributed by atoms with E-state index in [4.69, 9.17) is 16.3 Å². The number of amides is 1. The van der Waals surface area contributed by atoms with Crippen LogP contribution in [-0.2, 0) is 9.53 Å². The summed E-state index contributed by atoms with van der Waals surface area (Å²) in [6.07, 6.45) is -0.492. The number of carboxylic acid groups (broad SMARTS) is 1. The minimum Gasteiger partial charge on any atom is -0.481 e. The van der Waals surface area contributed by atoms with Crippen LogP contribution >= 0.6 is 11.6 Å². The van der Waals surface area contributed by atoms with Crippen LogP contribution in [-0.4, -0.2) is 41.8 Å². The average Bonchev–Trinajstić information content (AvgIpc) is 3.38. The topological polar surface area (TPSA) is 66.8 Å². The summed E-state index contributed by atoms with van der Waals surface area (Å²) in [5, 5.41) is 10.3. The molecule has 2 aliphatic rings. The lowest BCUT2D eigenvalue weighted by molar-refractivity contribution is -0.141. The molecule has 1 fully saturated rings. The Morgan fingerprint density at radius 1 is 0.970 bits per heavy atom. The van der Waals surface area contributed by atoms with Gasteiger partial charge < -0.3 is 14.7 Å². The number of benzene rings is 3. The molecule has 0 aromatic heterocycles. The summed E-state index contributed by atoms with van der Waals surface area (Å²) in [4.78, 5) is 26.4. The molecule has 0 spiro atoms. The van der Waals surface area contributed by atoms with Gasteiger partial charge in [-0.05, 0) is 46.4 Å². The molecule has 168 valence electrons. The normalized spacial score (nSPS) is 19.3. The van der Waals surface area contributed by atoms with E-state index in [1.807, 2.05) is 49.4 Å². The van der Waals surface area contributed by atoms with Crippen LogP contribution < -0.4 is 0 Å². The molecule has 33 heavy (non-hydrogen) atoms. The highest BCUT2D eigenvalue weighted by molar-refractivity contribution is 6.31. The van der Waals surface area contributed by atoms with E-state index >= 15 is 0 Å². The molecule has 0 unspecified atom stereocenters. The molecule has 3 aromatic rings. The van der Waals surface area contributed by atoms with Gasteiger partial charge in [-0.1, -0.05) is 72.3 Å². The van der Waals surface area contributed by atoms with Crippen LogP contribution in [0.3, 0.4) is 0 Å². The summed E-state index contributed by atoms with van der Waals surface area (Å²) in [6, 6.07) is 21.9. The van der Waals surface area contributed by atoms with Gasteiger partial charge in [0.05, 0.1) is 5.92 Å². The lowest BCUT2D eigenvalue weighted by atomic mass is 9.88. The standard InChI is InChI=1S/C27H24ClNO4/c1-16-10-11-21(25(28)12-16)22-13-29(14-23(22)26(30)31)27(32)33-15-24-19-8-4-2-6-17(19)18-7-3-5-9-20(18)24/h2-12,22-24H,13-15H2,1H3,(H,30,31)/t22-,23+/m0/s1. The third-order valence-corrected chi connectivity index (χ3v) is 7.11. The number of likely N-dealkylation sites (tertiary alicyclic amines) is 1. The number of rotatable bonds is 4. The van der Waals surface area contributed by atoms with E-state index in [1.54, 1.807) is 0 Å². The van der Waals surface area contributed by atoms with Crippen LogP contribution in [0.2, 0.25) is 5.02 Å². The van der Waals surface area contributed by atoms with E-state index < -0.39 is 18.0 Å². The average molecular weight is 462 g/mol. The zero-order valence-electron chi connectivity index (χ0n) is 18.2. The van der Waals surface area contributed by atoms with Crippen molar-refractivity contribution in [3.8, 4) is 11.1 Å². The summed E-state index contributed by atoms with van der Waals surface area (Å²) in [5.41, 5.74) is 6.36. The van der Waals surface area contributed by atoms with Crippen molar-refractivity contribution in [1.29, 1.82) is 0 Å². The lowest BCUT2D eigenvalue weighted by Gasteiger charge is -2.19. The van der Waals surface area contributed by atoms with Gasteiger partial charge in [0.15, 0.2) is 0 Å². The molecular formula is C27H24ClNO4. The second-order valence-corrected chi connectivity index (χ2v) is 9.19. The highest BCUT2D eigenvalue weighted by atomic mass is 35.5. The minimum atomic E-state index is -0.939. The van der Waals surface area contributed by atoms with E-state index in [9.17, 15) is 14.7 Å². The molecule has 1 amide bonds. The van der Waals surface area contributed by atoms with Gasteiger partial charge in [0.1, 0.15) is 6.61 Å². The minimum absolute atomic E-state index is 0.0402. The van der Waals surface area contributed by atoms with Crippen LogP contribution in [0.15, 0.2) is 66.7 Å². The molecule has 0 bridgehead atoms. The molecule has 5 nitrogen and oxygen atoms in total. The fourth-order valence-corrected chi connectivity index (χ4v) is 5.51. The maximum absolute atomic E-state index is 13.0. The number of hydrogen-bond acceptors (Lipinski definition) is 3. The molecular weight excluding hydrogens is 438 g/mol. The molecule has 1 heterocycles. The van der Waals surface area contributed by atoms with Crippen LogP contribution in [0, 0.1) is 12.8 Å². The molecule has 2 atom stereocenters. The Balaban J connectivity index is 1.33. The summed E-state index contributed by atoms with van der Waals surface area (Å²) in [6.45, 7) is 2.50. The fourth-order valence-electron chi connectivity index (χ4n) is 5.14. The quantitative estimate of drug-likeness (QED) is 0.541. The molecule has 6 heteroatoms. The van der Waals surface area contributed by atoms with E-state index in [2.05, 4.69) is 24.3 Å². The molecule has 0 radical (unpaired) electrons. The smallest absolute Gasteiger partial charge is 0.409 e. The van der Waals surface area contributed by atoms with Crippen molar-refractivity contribution in [2.45, 2.75) is 18.8 Å². The number of carbonyl (C=O) groups excluding carboxylic acids is 1. The number of halogens is 1. The van der Waals surface area contributed by atoms with Crippen LogP contribution in [0.1, 0.15) is 34.1 Å². The van der Waals surface area contributed by atoms with Crippen molar-refractivity contribution in [2.24, 2.45) is 5.92 Å². The zero-order chi connectivity index (χ0) is 23.1. The Labute approximate surface area is 197 Å². The number of ether oxygens (including phenoxy) is 1. The van der Waals surface area contributed by atoms with E-state index in [0.717, 1.165) is 33.4 Å². The number of hydrogen-bond donors (Lipinski definition) is 1. The monoisotopic (exact) mass is 461 g/mol. The fraction of sp³-hybridized carbons (Fsp3) is 0.259. The lowest BCUT2D eigenvalue weighted by Crippen LogP contribution is -2.31. The van der Waals surface area contributed by atoms with Gasteiger partial charge in [0.2, 0.25) is 0 Å². The Kier molecular flexibility index (Phi) is 5.59. The van der Waals surface area contributed by atoms with Crippen molar-refractivity contribution in [1.82, 2.24) is 4.90 Å². The summed E-state index contributed by atoms with van der Waals surface area (Å²) in [7, 11) is 0. The second-order valence-electron chi connectivity index (χ2n) is 8.79. The maximum atomic E-state index is 13.0. The van der Waals surface area contributed by atoms with Crippen molar-refractivity contribution in [3.63, 3.8) is 0 Å². The van der Waals surface area contributed by atoms with Crippen molar-refractivity contribution in [2.75, 3.05) is 19.7 Å². The Morgan fingerprint density at radius 3 is 2.21 bits per heavy atom. The number of carbonyl (C=O) groups is 2. The van der Waals surface area contributed by atoms with Gasteiger partial charge in [-0.15, -0.1) is 0 Å². The summed E-state index contributed by atoms with van der Waals surface area (Å²) < 4.78 is 5.75. The first-order chi connectivity index (χ1) is 15.9. The molecule has 1 N–H and O–H groups in total. The van der Waals surface area contributed by atoms with Crippen LogP contribution in [0.25, 0.3) is 11.1 Å². The largest absolute Gasteiger partial charge is 0.481 e. The third-order valence-electron chi connectivity index (χ3n) is 6.79. The molecule has 1 saturated heterocycles. The third kappa shape index (κ3) is 3.87. The first-order valence-electron chi connectivity index (χ1n) is 11.0. The number of fused-ring (bicyclic) bond motifs is 3. The van der Waals surface area contributed by atoms with Gasteiger partial charge in [-0.2, -0.15) is 0 Å². The van der Waals surface area contributed by atoms with Gasteiger partial charge in [-0.3, -0.25) is 4.79 Å². The highest BCUT2D eigenvalue weighted by Gasteiger charge is 2.42. The summed E-state index contributed by atoms with van der Waals surface area (Å²) >= 11 is 6.42. The highest BCUT2D eigenvalue weighted by Crippen LogP contribution is 2.44. The maximum Gasteiger partial charge on any atom is 0.409 e. The number of aryl methyl sites for hydroxylation is 1. The second kappa shape index (κ2) is 8.56. The number of nitrogens with zero attached hydrogens (tertiary/aromatic N) is 1. The van der Waals surface area contributed by atoms with Crippen LogP contribution in [0.4, 0.5) is 4.79 Å². The van der Waals surface area contributed by atoms with Crippen LogP contribution in [0.5, 0.6) is 0 Å². The SMILES string of the molecule is Cc1ccc([C@@H]2CN(C(=O)OCC3c4ccccc4-c4ccccc43)C[C@H]2C(=O)O)c(Cl)c1. The predicted octanol–water partition coefficient (Wildman–Crippen LogP) is 5.70. The number of carboxylic acids is 1. The van der Waals surface area contributed by atoms with Crippen molar-refractivity contribution >= 4 is 23.7 Å². The first kappa shape index (κ1) is 21.5. The molecule has 1 aliphatic carbocycles. The van der Waals surface area contributed by atoms with E-state index in [0.29, 0.717) is 5.02 Å². The van der Waals surface area contributed by atoms with E-state index in [1.165, 1.54) is 4.90 Å². The van der Waals surface area contributed by atoms with Gasteiger partial charge in [0.25, 0.3) is 0 Å². The molecule has 0 saturated carbocycles. The molecule has 3 aromatic carbocycles. The number of aliphatic carboxylic acids is 1. The van der Waals surface area contributed by atoms with Gasteiger partial charge >= 0.3 is 12.1 Å². The Hall–Kier alpha value is -3.31. The first-order valence-corrected chi connectivity index (χ1v) is 11.4. The molecule has 1 aliphatic heterocycles. The van der Waals surface area contributed by atoms with Crippen molar-refractivity contribution < 1.29 is 19.4 Å². The predicted molar refractivity (Wildman–Crippen MR) is 127 cm³/mol. The van der Waals surface area contributed by atoms with Crippen molar-refractivity contribution in [3.05, 3.63) is 94.0 Å².